The van der Waals surface area contributed by atoms with Crippen LogP contribution < -0.4 is 0 Å². The molecule has 0 aliphatic heterocycles. The number of aromatic nitrogens is 3. The Hall–Kier alpha value is -1.42. The van der Waals surface area contributed by atoms with Crippen molar-refractivity contribution in [3.63, 3.8) is 0 Å². The minimum Gasteiger partial charge on any atom is -0.294 e. The smallest absolute Gasteiger partial charge is 0.161 e. The Labute approximate surface area is 98.2 Å². The van der Waals surface area contributed by atoms with Crippen molar-refractivity contribution in [1.29, 1.82) is 0 Å². The highest BCUT2D eigenvalue weighted by Gasteiger charge is 2.16. The third kappa shape index (κ3) is 1.69. The summed E-state index contributed by atoms with van der Waals surface area (Å²) >= 11 is 6.03. The molecule has 0 fully saturated rings. The van der Waals surface area contributed by atoms with Gasteiger partial charge in [0.25, 0.3) is 0 Å². The first-order chi connectivity index (χ1) is 7.65. The monoisotopic (exact) mass is 237 g/mol. The van der Waals surface area contributed by atoms with Gasteiger partial charge in [-0.15, -0.1) is 0 Å². The third-order valence-electron chi connectivity index (χ3n) is 2.51. The molecule has 2 rings (SSSR count). The van der Waals surface area contributed by atoms with Crippen LogP contribution in [0.2, 0.25) is 5.15 Å². The molecule has 4 nitrogen and oxygen atoms in total. The largest absolute Gasteiger partial charge is 0.294 e. The number of rotatable bonds is 3. The highest BCUT2D eigenvalue weighted by atomic mass is 35.5. The van der Waals surface area contributed by atoms with Gasteiger partial charge in [-0.25, -0.2) is 9.50 Å². The van der Waals surface area contributed by atoms with E-state index in [4.69, 9.17) is 11.6 Å². The summed E-state index contributed by atoms with van der Waals surface area (Å²) in [5, 5.41) is 4.45. The van der Waals surface area contributed by atoms with E-state index in [2.05, 4.69) is 17.0 Å². The maximum Gasteiger partial charge on any atom is 0.161 e. The van der Waals surface area contributed by atoms with Crippen LogP contribution in [0.4, 0.5) is 0 Å². The molecule has 16 heavy (non-hydrogen) atoms. The number of carbonyl (C=O) groups is 1. The highest BCUT2D eigenvalue weighted by Crippen LogP contribution is 2.24. The minimum atomic E-state index is 0.0324. The van der Waals surface area contributed by atoms with Gasteiger partial charge in [0.2, 0.25) is 0 Å². The van der Waals surface area contributed by atoms with E-state index in [0.29, 0.717) is 10.7 Å². The van der Waals surface area contributed by atoms with E-state index < -0.39 is 0 Å². The maximum absolute atomic E-state index is 11.5. The Balaban J connectivity index is 2.77. The molecule has 0 saturated heterocycles. The highest BCUT2D eigenvalue weighted by molar-refractivity contribution is 6.32. The van der Waals surface area contributed by atoms with E-state index in [1.165, 1.54) is 6.33 Å². The number of ketones is 1. The van der Waals surface area contributed by atoms with Gasteiger partial charge in [0, 0.05) is 11.8 Å². The molecule has 0 bridgehead atoms. The Morgan fingerprint density at radius 1 is 1.56 bits per heavy atom. The molecule has 0 radical (unpaired) electrons. The van der Waals surface area contributed by atoms with Crippen LogP contribution in [0.5, 0.6) is 0 Å². The normalized spacial score (nSPS) is 10.9. The molecule has 0 aliphatic rings. The zero-order chi connectivity index (χ0) is 11.7. The lowest BCUT2D eigenvalue weighted by molar-refractivity contribution is 0.101. The second-order valence-electron chi connectivity index (χ2n) is 3.67. The summed E-state index contributed by atoms with van der Waals surface area (Å²) < 4.78 is 1.62. The van der Waals surface area contributed by atoms with Gasteiger partial charge in [-0.05, 0) is 18.9 Å². The fourth-order valence-electron chi connectivity index (χ4n) is 1.84. The lowest BCUT2D eigenvalue weighted by Gasteiger charge is -2.00. The molecule has 0 spiro atoms. The average Bonchev–Trinajstić information content (AvgIpc) is 2.59. The number of nitrogens with zero attached hydrogens (tertiary/aromatic N) is 3. The minimum absolute atomic E-state index is 0.0324. The number of Topliss-reactive ketones (excluding diaryl/α,β-unsaturated/α-hetero) is 1. The summed E-state index contributed by atoms with van der Waals surface area (Å²) in [7, 11) is 0. The van der Waals surface area contributed by atoms with Gasteiger partial charge in [0.05, 0.1) is 0 Å². The van der Waals surface area contributed by atoms with Gasteiger partial charge in [-0.3, -0.25) is 4.79 Å². The number of halogens is 1. The molecule has 0 aromatic carbocycles. The summed E-state index contributed by atoms with van der Waals surface area (Å²) in [5.41, 5.74) is 2.38. The topological polar surface area (TPSA) is 47.3 Å². The van der Waals surface area contributed by atoms with Crippen LogP contribution in [0.25, 0.3) is 5.52 Å². The molecule has 0 unspecified atom stereocenters. The van der Waals surface area contributed by atoms with Crippen LogP contribution in [0.15, 0.2) is 12.5 Å². The SMILES string of the molecule is CCCc1c(C(C)=O)cn2ncnc(Cl)c12. The summed E-state index contributed by atoms with van der Waals surface area (Å²) in [6.45, 7) is 3.61. The second kappa shape index (κ2) is 4.22. The second-order valence-corrected chi connectivity index (χ2v) is 4.03. The zero-order valence-corrected chi connectivity index (χ0v) is 9.95. The van der Waals surface area contributed by atoms with Crippen molar-refractivity contribution in [3.05, 3.63) is 28.8 Å². The number of aryl methyl sites for hydroxylation is 1. The van der Waals surface area contributed by atoms with Gasteiger partial charge in [-0.2, -0.15) is 5.10 Å². The van der Waals surface area contributed by atoms with Crippen molar-refractivity contribution in [2.75, 3.05) is 0 Å². The van der Waals surface area contributed by atoms with Crippen molar-refractivity contribution in [1.82, 2.24) is 14.6 Å². The number of hydrogen-bond donors (Lipinski definition) is 0. The van der Waals surface area contributed by atoms with E-state index in [0.717, 1.165) is 23.9 Å². The van der Waals surface area contributed by atoms with E-state index in [-0.39, 0.29) is 5.78 Å². The van der Waals surface area contributed by atoms with Crippen LogP contribution in [-0.2, 0) is 6.42 Å². The molecule has 0 atom stereocenters. The quantitative estimate of drug-likeness (QED) is 0.771. The summed E-state index contributed by atoms with van der Waals surface area (Å²) in [6.07, 6.45) is 4.86. The molecule has 2 aromatic rings. The summed E-state index contributed by atoms with van der Waals surface area (Å²) in [5.74, 6) is 0.0324. The molecular weight excluding hydrogens is 226 g/mol. The van der Waals surface area contributed by atoms with Crippen LogP contribution in [-0.4, -0.2) is 20.4 Å². The fraction of sp³-hybridized carbons (Fsp3) is 0.364. The zero-order valence-electron chi connectivity index (χ0n) is 9.20. The fourth-order valence-corrected chi connectivity index (χ4v) is 2.08. The van der Waals surface area contributed by atoms with Gasteiger partial charge in [-0.1, -0.05) is 24.9 Å². The summed E-state index contributed by atoms with van der Waals surface area (Å²) in [6, 6.07) is 0. The Morgan fingerprint density at radius 3 is 2.94 bits per heavy atom. The first kappa shape index (κ1) is 11.1. The molecule has 5 heteroatoms. The molecule has 2 aromatic heterocycles. The Bertz CT molecular complexity index is 547. The van der Waals surface area contributed by atoms with Crippen LogP contribution >= 0.6 is 11.6 Å². The van der Waals surface area contributed by atoms with Crippen LogP contribution in [0.3, 0.4) is 0 Å². The molecule has 0 aliphatic carbocycles. The number of fused-ring (bicyclic) bond motifs is 1. The maximum atomic E-state index is 11.5. The van der Waals surface area contributed by atoms with Crippen LogP contribution in [0, 0.1) is 0 Å². The van der Waals surface area contributed by atoms with E-state index in [1.807, 2.05) is 0 Å². The Kier molecular flexibility index (Phi) is 2.92. The van der Waals surface area contributed by atoms with E-state index >= 15 is 0 Å². The van der Waals surface area contributed by atoms with Crippen molar-refractivity contribution in [2.24, 2.45) is 0 Å². The standard InChI is InChI=1S/C11H12ClN3O/c1-3-4-8-9(7(2)16)5-15-10(8)11(12)13-6-14-15/h5-6H,3-4H2,1-2H3. The Morgan fingerprint density at radius 2 is 2.31 bits per heavy atom. The van der Waals surface area contributed by atoms with Crippen molar-refractivity contribution in [2.45, 2.75) is 26.7 Å². The number of carbonyl (C=O) groups excluding carboxylic acids is 1. The van der Waals surface area contributed by atoms with Crippen molar-refractivity contribution >= 4 is 22.9 Å². The van der Waals surface area contributed by atoms with Gasteiger partial charge < -0.3 is 0 Å². The predicted molar refractivity (Wildman–Crippen MR) is 62.0 cm³/mol. The van der Waals surface area contributed by atoms with E-state index in [1.54, 1.807) is 17.6 Å². The first-order valence-electron chi connectivity index (χ1n) is 5.16. The lowest BCUT2D eigenvalue weighted by atomic mass is 10.1. The third-order valence-corrected chi connectivity index (χ3v) is 2.79. The molecule has 0 saturated carbocycles. The van der Waals surface area contributed by atoms with Gasteiger partial charge >= 0.3 is 0 Å². The number of hydrogen-bond acceptors (Lipinski definition) is 3. The average molecular weight is 238 g/mol. The molecule has 84 valence electrons. The molecular formula is C11H12ClN3O. The summed E-state index contributed by atoms with van der Waals surface area (Å²) in [4.78, 5) is 15.5. The predicted octanol–water partition coefficient (Wildman–Crippen LogP) is 2.54. The van der Waals surface area contributed by atoms with E-state index in [9.17, 15) is 4.79 Å². The van der Waals surface area contributed by atoms with Crippen molar-refractivity contribution < 1.29 is 4.79 Å². The lowest BCUT2D eigenvalue weighted by Crippen LogP contribution is -1.96. The van der Waals surface area contributed by atoms with Crippen LogP contribution in [0.1, 0.15) is 36.2 Å². The van der Waals surface area contributed by atoms with Gasteiger partial charge in [0.15, 0.2) is 10.9 Å². The first-order valence-corrected chi connectivity index (χ1v) is 5.54. The molecule has 0 N–H and O–H groups in total. The molecule has 0 amide bonds. The van der Waals surface area contributed by atoms with Crippen molar-refractivity contribution in [3.8, 4) is 0 Å². The molecule has 2 heterocycles. The van der Waals surface area contributed by atoms with Gasteiger partial charge in [0.1, 0.15) is 11.8 Å².